The molecule has 0 spiro atoms. The van der Waals surface area contributed by atoms with Crippen molar-refractivity contribution in [1.29, 1.82) is 0 Å². The zero-order chi connectivity index (χ0) is 11.1. The van der Waals surface area contributed by atoms with Crippen molar-refractivity contribution in [3.05, 3.63) is 12.2 Å². The molecule has 0 bridgehead atoms. The smallest absolute Gasteiger partial charge is 0.404 e. The van der Waals surface area contributed by atoms with E-state index in [1.165, 1.54) is 0 Å². The van der Waals surface area contributed by atoms with E-state index in [1.807, 2.05) is 13.8 Å². The Balaban J connectivity index is 2.07. The van der Waals surface area contributed by atoms with Crippen LogP contribution in [-0.4, -0.2) is 32.4 Å². The van der Waals surface area contributed by atoms with Crippen LogP contribution in [0.15, 0.2) is 6.33 Å². The molecule has 0 saturated heterocycles. The minimum atomic E-state index is -0.971. The Labute approximate surface area is 87.1 Å². The summed E-state index contributed by atoms with van der Waals surface area (Å²) in [5, 5.41) is 17.9. The van der Waals surface area contributed by atoms with Gasteiger partial charge in [-0.15, -0.1) is 0 Å². The molecule has 1 aromatic rings. The third kappa shape index (κ3) is 1.55. The zero-order valence-corrected chi connectivity index (χ0v) is 8.69. The van der Waals surface area contributed by atoms with Crippen LogP contribution in [0.4, 0.5) is 4.79 Å². The molecule has 6 nitrogen and oxygen atoms in total. The minimum Gasteiger partial charge on any atom is -0.465 e. The number of amides is 1. The Bertz CT molecular complexity index is 360. The van der Waals surface area contributed by atoms with Gasteiger partial charge < -0.3 is 10.4 Å². The molecule has 1 fully saturated rings. The Morgan fingerprint density at radius 2 is 2.47 bits per heavy atom. The van der Waals surface area contributed by atoms with Gasteiger partial charge in [0.25, 0.3) is 0 Å². The number of hydrogen-bond acceptors (Lipinski definition) is 3. The van der Waals surface area contributed by atoms with E-state index in [9.17, 15) is 4.79 Å². The van der Waals surface area contributed by atoms with Crippen LogP contribution in [-0.2, 0) is 0 Å². The van der Waals surface area contributed by atoms with Crippen LogP contribution in [0.5, 0.6) is 0 Å². The maximum atomic E-state index is 10.5. The summed E-state index contributed by atoms with van der Waals surface area (Å²) in [4.78, 5) is 14.6. The second-order valence-corrected chi connectivity index (χ2v) is 4.47. The van der Waals surface area contributed by atoms with E-state index in [0.717, 1.165) is 12.2 Å². The highest BCUT2D eigenvalue weighted by atomic mass is 16.4. The Hall–Kier alpha value is -1.59. The maximum absolute atomic E-state index is 10.5. The molecule has 2 rings (SSSR count). The van der Waals surface area contributed by atoms with Gasteiger partial charge >= 0.3 is 6.09 Å². The Kier molecular flexibility index (Phi) is 2.13. The average molecular weight is 210 g/mol. The summed E-state index contributed by atoms with van der Waals surface area (Å²) < 4.78 is 0. The normalized spacial score (nSPS) is 28.1. The molecule has 1 aromatic heterocycles. The van der Waals surface area contributed by atoms with Gasteiger partial charge in [-0.3, -0.25) is 5.10 Å². The van der Waals surface area contributed by atoms with Crippen molar-refractivity contribution in [2.75, 3.05) is 0 Å². The number of aromatic amines is 1. The van der Waals surface area contributed by atoms with E-state index in [1.54, 1.807) is 6.33 Å². The van der Waals surface area contributed by atoms with Crippen molar-refractivity contribution in [3.8, 4) is 0 Å². The van der Waals surface area contributed by atoms with Crippen molar-refractivity contribution in [2.45, 2.75) is 32.2 Å². The lowest BCUT2D eigenvalue weighted by Crippen LogP contribution is -2.57. The van der Waals surface area contributed by atoms with Gasteiger partial charge in [-0.05, 0) is 11.8 Å². The summed E-state index contributed by atoms with van der Waals surface area (Å²) in [6.45, 7) is 4.05. The topological polar surface area (TPSA) is 90.9 Å². The number of nitrogens with zero attached hydrogens (tertiary/aromatic N) is 2. The standard InChI is InChI=1S/C9H14N4O2/c1-9(2)5(7-10-4-11-13-7)3-6(9)12-8(14)15/h4-6,12H,3H2,1-2H3,(H,14,15)(H,10,11,13)/t5-,6-/m1/s1. The molecule has 1 heterocycles. The largest absolute Gasteiger partial charge is 0.465 e. The van der Waals surface area contributed by atoms with E-state index in [2.05, 4.69) is 20.5 Å². The van der Waals surface area contributed by atoms with Gasteiger partial charge in [0.2, 0.25) is 0 Å². The first kappa shape index (κ1) is 9.95. The maximum Gasteiger partial charge on any atom is 0.404 e. The molecule has 0 radical (unpaired) electrons. The zero-order valence-electron chi connectivity index (χ0n) is 8.69. The Morgan fingerprint density at radius 3 is 2.93 bits per heavy atom. The van der Waals surface area contributed by atoms with Gasteiger partial charge in [-0.1, -0.05) is 13.8 Å². The lowest BCUT2D eigenvalue weighted by molar-refractivity contribution is 0.0628. The highest BCUT2D eigenvalue weighted by Gasteiger charge is 2.51. The molecule has 1 aliphatic carbocycles. The molecule has 6 heteroatoms. The molecule has 0 unspecified atom stereocenters. The number of aromatic nitrogens is 3. The predicted octanol–water partition coefficient (Wildman–Crippen LogP) is 0.954. The molecular weight excluding hydrogens is 196 g/mol. The van der Waals surface area contributed by atoms with Gasteiger partial charge in [-0.25, -0.2) is 9.78 Å². The van der Waals surface area contributed by atoms with Crippen LogP contribution in [0.1, 0.15) is 32.0 Å². The van der Waals surface area contributed by atoms with Crippen LogP contribution < -0.4 is 5.32 Å². The molecule has 2 atom stereocenters. The van der Waals surface area contributed by atoms with E-state index >= 15 is 0 Å². The number of rotatable bonds is 2. The lowest BCUT2D eigenvalue weighted by atomic mass is 9.58. The van der Waals surface area contributed by atoms with E-state index in [-0.39, 0.29) is 17.4 Å². The van der Waals surface area contributed by atoms with Crippen LogP contribution in [0.3, 0.4) is 0 Å². The van der Waals surface area contributed by atoms with Crippen LogP contribution in [0, 0.1) is 5.41 Å². The van der Waals surface area contributed by atoms with Crippen LogP contribution in [0.25, 0.3) is 0 Å². The molecule has 1 saturated carbocycles. The van der Waals surface area contributed by atoms with Crippen LogP contribution in [0.2, 0.25) is 0 Å². The number of carboxylic acid groups (broad SMARTS) is 1. The molecule has 1 amide bonds. The molecular formula is C9H14N4O2. The molecule has 15 heavy (non-hydrogen) atoms. The SMILES string of the molecule is CC1(C)[C@@H](c2nc[nH]n2)C[C@H]1NC(=O)O. The molecule has 82 valence electrons. The molecule has 0 aromatic carbocycles. The number of hydrogen-bond donors (Lipinski definition) is 3. The summed E-state index contributed by atoms with van der Waals surface area (Å²) in [7, 11) is 0. The quantitative estimate of drug-likeness (QED) is 0.677. The third-order valence-electron chi connectivity index (χ3n) is 3.31. The second-order valence-electron chi connectivity index (χ2n) is 4.47. The first-order valence-corrected chi connectivity index (χ1v) is 4.87. The van der Waals surface area contributed by atoms with E-state index in [4.69, 9.17) is 5.11 Å². The monoisotopic (exact) mass is 210 g/mol. The number of nitrogens with one attached hydrogen (secondary N) is 2. The van der Waals surface area contributed by atoms with Crippen molar-refractivity contribution < 1.29 is 9.90 Å². The molecule has 1 aliphatic rings. The van der Waals surface area contributed by atoms with Crippen molar-refractivity contribution in [3.63, 3.8) is 0 Å². The summed E-state index contributed by atoms with van der Waals surface area (Å²) in [5.41, 5.74) is -0.124. The van der Waals surface area contributed by atoms with Crippen molar-refractivity contribution >= 4 is 6.09 Å². The highest BCUT2D eigenvalue weighted by molar-refractivity contribution is 5.65. The van der Waals surface area contributed by atoms with Crippen molar-refractivity contribution in [2.24, 2.45) is 5.41 Å². The first-order valence-electron chi connectivity index (χ1n) is 4.87. The van der Waals surface area contributed by atoms with Gasteiger partial charge in [0.15, 0.2) is 5.82 Å². The van der Waals surface area contributed by atoms with E-state index < -0.39 is 6.09 Å². The summed E-state index contributed by atoms with van der Waals surface area (Å²) >= 11 is 0. The molecule has 3 N–H and O–H groups in total. The van der Waals surface area contributed by atoms with Crippen LogP contribution >= 0.6 is 0 Å². The predicted molar refractivity (Wildman–Crippen MR) is 52.5 cm³/mol. The van der Waals surface area contributed by atoms with Gasteiger partial charge in [0.05, 0.1) is 0 Å². The summed E-state index contributed by atoms with van der Waals surface area (Å²) in [6, 6.07) is -0.0153. The Morgan fingerprint density at radius 1 is 1.73 bits per heavy atom. The van der Waals surface area contributed by atoms with Gasteiger partial charge in [0, 0.05) is 12.0 Å². The number of carbonyl (C=O) groups is 1. The average Bonchev–Trinajstić information content (AvgIpc) is 2.63. The fourth-order valence-corrected chi connectivity index (χ4v) is 2.14. The molecule has 0 aliphatic heterocycles. The lowest BCUT2D eigenvalue weighted by Gasteiger charge is -2.50. The summed E-state index contributed by atoms with van der Waals surface area (Å²) in [5.74, 6) is 0.990. The van der Waals surface area contributed by atoms with E-state index in [0.29, 0.717) is 0 Å². The van der Waals surface area contributed by atoms with Gasteiger partial charge in [0.1, 0.15) is 6.33 Å². The fraction of sp³-hybridized carbons (Fsp3) is 0.667. The first-order chi connectivity index (χ1) is 7.01. The number of H-pyrrole nitrogens is 1. The second kappa shape index (κ2) is 3.22. The van der Waals surface area contributed by atoms with Crippen molar-refractivity contribution in [1.82, 2.24) is 20.5 Å². The highest BCUT2D eigenvalue weighted by Crippen LogP contribution is 2.51. The minimum absolute atomic E-state index is 0.0153. The summed E-state index contributed by atoms with van der Waals surface area (Å²) in [6.07, 6.45) is 1.34. The van der Waals surface area contributed by atoms with Gasteiger partial charge in [-0.2, -0.15) is 5.10 Å². The fourth-order valence-electron chi connectivity index (χ4n) is 2.14. The third-order valence-corrected chi connectivity index (χ3v) is 3.31.